The highest BCUT2D eigenvalue weighted by atomic mass is 35.5. The largest absolute Gasteiger partial charge is 0.456 e. The Labute approximate surface area is 121 Å². The smallest absolute Gasteiger partial charge is 0.139 e. The topological polar surface area (TPSA) is 59.1 Å². The van der Waals surface area contributed by atoms with Gasteiger partial charge in [-0.05, 0) is 36.8 Å². The highest BCUT2D eigenvalue weighted by Crippen LogP contribution is 2.32. The van der Waals surface area contributed by atoms with Crippen LogP contribution in [0.2, 0.25) is 10.0 Å². The molecule has 0 radical (unpaired) electrons. The molecule has 0 fully saturated rings. The molecule has 0 bridgehead atoms. The zero-order valence-electron chi connectivity index (χ0n) is 10.2. The number of hydrogen-bond acceptors (Lipinski definition) is 2. The minimum Gasteiger partial charge on any atom is -0.456 e. The van der Waals surface area contributed by atoms with Gasteiger partial charge in [0.2, 0.25) is 0 Å². The second-order valence-corrected chi connectivity index (χ2v) is 4.88. The van der Waals surface area contributed by atoms with Gasteiger partial charge in [0.25, 0.3) is 0 Å². The zero-order valence-corrected chi connectivity index (χ0v) is 11.7. The number of halogens is 2. The van der Waals surface area contributed by atoms with E-state index in [-0.39, 0.29) is 5.84 Å². The Kier molecular flexibility index (Phi) is 3.98. The molecule has 0 spiro atoms. The molecule has 0 aliphatic carbocycles. The van der Waals surface area contributed by atoms with Crippen LogP contribution in [0.4, 0.5) is 0 Å². The van der Waals surface area contributed by atoms with Crippen LogP contribution in [0, 0.1) is 12.3 Å². The molecule has 0 heterocycles. The number of hydrogen-bond donors (Lipinski definition) is 2. The van der Waals surface area contributed by atoms with Crippen LogP contribution in [0.3, 0.4) is 0 Å². The number of aryl methyl sites for hydroxylation is 1. The number of nitrogens with two attached hydrogens (primary N) is 1. The standard InChI is InChI=1S/C14H12Cl2N2O/c1-8-5-6-9(15)7-12(8)19-11-4-2-3-10(16)13(11)14(17)18/h2-7H,1H3,(H3,17,18). The van der Waals surface area contributed by atoms with Crippen LogP contribution >= 0.6 is 23.2 Å². The third-order valence-electron chi connectivity index (χ3n) is 2.61. The van der Waals surface area contributed by atoms with Gasteiger partial charge in [-0.2, -0.15) is 0 Å². The van der Waals surface area contributed by atoms with Gasteiger partial charge in [0.1, 0.15) is 17.3 Å². The summed E-state index contributed by atoms with van der Waals surface area (Å²) in [6, 6.07) is 10.5. The molecule has 0 saturated carbocycles. The van der Waals surface area contributed by atoms with Crippen molar-refractivity contribution < 1.29 is 4.74 Å². The molecule has 0 saturated heterocycles. The van der Waals surface area contributed by atoms with Gasteiger partial charge in [-0.3, -0.25) is 5.41 Å². The van der Waals surface area contributed by atoms with Crippen molar-refractivity contribution in [3.05, 3.63) is 57.6 Å². The SMILES string of the molecule is Cc1ccc(Cl)cc1Oc1cccc(Cl)c1C(=N)N. The Balaban J connectivity index is 2.46. The Morgan fingerprint density at radius 2 is 1.89 bits per heavy atom. The maximum atomic E-state index is 7.57. The first kappa shape index (κ1) is 13.7. The second kappa shape index (κ2) is 5.51. The minimum atomic E-state index is -0.139. The summed E-state index contributed by atoms with van der Waals surface area (Å²) in [5.41, 5.74) is 6.84. The molecule has 3 N–H and O–H groups in total. The van der Waals surface area contributed by atoms with Gasteiger partial charge in [-0.25, -0.2) is 0 Å². The van der Waals surface area contributed by atoms with Crippen LogP contribution in [-0.2, 0) is 0 Å². The third kappa shape index (κ3) is 3.00. The minimum absolute atomic E-state index is 0.139. The number of rotatable bonds is 3. The van der Waals surface area contributed by atoms with Crippen LogP contribution in [0.25, 0.3) is 0 Å². The lowest BCUT2D eigenvalue weighted by Crippen LogP contribution is -2.13. The fraction of sp³-hybridized carbons (Fsp3) is 0.0714. The van der Waals surface area contributed by atoms with Crippen molar-refractivity contribution in [3.63, 3.8) is 0 Å². The van der Waals surface area contributed by atoms with E-state index in [2.05, 4.69) is 0 Å². The van der Waals surface area contributed by atoms with E-state index in [9.17, 15) is 0 Å². The van der Waals surface area contributed by atoms with Crippen LogP contribution in [-0.4, -0.2) is 5.84 Å². The van der Waals surface area contributed by atoms with Crippen LogP contribution in [0.15, 0.2) is 36.4 Å². The van der Waals surface area contributed by atoms with E-state index in [1.54, 1.807) is 30.3 Å². The molecule has 2 aromatic rings. The highest BCUT2D eigenvalue weighted by Gasteiger charge is 2.13. The van der Waals surface area contributed by atoms with E-state index in [1.807, 2.05) is 13.0 Å². The fourth-order valence-corrected chi connectivity index (χ4v) is 2.08. The molecule has 5 heteroatoms. The molecule has 0 atom stereocenters. The average molecular weight is 295 g/mol. The van der Waals surface area contributed by atoms with E-state index >= 15 is 0 Å². The predicted molar refractivity (Wildman–Crippen MR) is 78.7 cm³/mol. The number of ether oxygens (including phenoxy) is 1. The van der Waals surface area contributed by atoms with Gasteiger partial charge in [0, 0.05) is 5.02 Å². The second-order valence-electron chi connectivity index (χ2n) is 4.04. The normalized spacial score (nSPS) is 10.3. The van der Waals surface area contributed by atoms with E-state index in [0.717, 1.165) is 5.56 Å². The van der Waals surface area contributed by atoms with Crippen molar-refractivity contribution in [3.8, 4) is 11.5 Å². The van der Waals surface area contributed by atoms with Gasteiger partial charge in [0.05, 0.1) is 10.6 Å². The lowest BCUT2D eigenvalue weighted by Gasteiger charge is -2.13. The summed E-state index contributed by atoms with van der Waals surface area (Å²) >= 11 is 12.0. The summed E-state index contributed by atoms with van der Waals surface area (Å²) in [6.07, 6.45) is 0. The lowest BCUT2D eigenvalue weighted by molar-refractivity contribution is 0.478. The first-order valence-electron chi connectivity index (χ1n) is 5.56. The molecule has 0 aliphatic rings. The fourth-order valence-electron chi connectivity index (χ4n) is 1.65. The summed E-state index contributed by atoms with van der Waals surface area (Å²) < 4.78 is 5.77. The molecule has 0 amide bonds. The third-order valence-corrected chi connectivity index (χ3v) is 3.16. The molecule has 0 unspecified atom stereocenters. The van der Waals surface area contributed by atoms with Gasteiger partial charge in [-0.15, -0.1) is 0 Å². The van der Waals surface area contributed by atoms with Crippen molar-refractivity contribution in [2.24, 2.45) is 5.73 Å². The Hall–Kier alpha value is -1.71. The van der Waals surface area contributed by atoms with Crippen molar-refractivity contribution in [1.29, 1.82) is 5.41 Å². The zero-order chi connectivity index (χ0) is 14.0. The molecule has 2 aromatic carbocycles. The van der Waals surface area contributed by atoms with Crippen molar-refractivity contribution in [2.45, 2.75) is 6.92 Å². The molecular formula is C14H12Cl2N2O. The maximum Gasteiger partial charge on any atom is 0.139 e. The van der Waals surface area contributed by atoms with Crippen molar-refractivity contribution in [1.82, 2.24) is 0 Å². The number of nitrogens with one attached hydrogen (secondary N) is 1. The molecule has 3 nitrogen and oxygen atoms in total. The van der Waals surface area contributed by atoms with Gasteiger partial charge in [0.15, 0.2) is 0 Å². The maximum absolute atomic E-state index is 7.57. The summed E-state index contributed by atoms with van der Waals surface area (Å²) in [5.74, 6) is 0.905. The predicted octanol–water partition coefficient (Wildman–Crippen LogP) is 4.38. The number of nitrogen functional groups attached to an aromatic ring is 1. The van der Waals surface area contributed by atoms with Crippen molar-refractivity contribution in [2.75, 3.05) is 0 Å². The van der Waals surface area contributed by atoms with E-state index in [1.165, 1.54) is 0 Å². The van der Waals surface area contributed by atoms with E-state index in [4.69, 9.17) is 39.1 Å². The van der Waals surface area contributed by atoms with E-state index < -0.39 is 0 Å². The van der Waals surface area contributed by atoms with Gasteiger partial charge >= 0.3 is 0 Å². The molecule has 19 heavy (non-hydrogen) atoms. The van der Waals surface area contributed by atoms with Crippen LogP contribution < -0.4 is 10.5 Å². The molecule has 2 rings (SSSR count). The summed E-state index contributed by atoms with van der Waals surface area (Å²) in [7, 11) is 0. The Morgan fingerprint density at radius 3 is 2.58 bits per heavy atom. The van der Waals surface area contributed by atoms with Crippen LogP contribution in [0.5, 0.6) is 11.5 Å². The lowest BCUT2D eigenvalue weighted by atomic mass is 10.1. The van der Waals surface area contributed by atoms with Crippen molar-refractivity contribution >= 4 is 29.0 Å². The highest BCUT2D eigenvalue weighted by molar-refractivity contribution is 6.34. The summed E-state index contributed by atoms with van der Waals surface area (Å²) in [6.45, 7) is 1.91. The molecule has 0 aromatic heterocycles. The average Bonchev–Trinajstić information content (AvgIpc) is 2.33. The number of amidine groups is 1. The first-order chi connectivity index (χ1) is 8.99. The van der Waals surface area contributed by atoms with Gasteiger partial charge < -0.3 is 10.5 Å². The number of benzene rings is 2. The van der Waals surface area contributed by atoms with Crippen LogP contribution in [0.1, 0.15) is 11.1 Å². The Bertz CT molecular complexity index is 641. The van der Waals surface area contributed by atoms with E-state index in [0.29, 0.717) is 27.1 Å². The first-order valence-corrected chi connectivity index (χ1v) is 6.31. The summed E-state index contributed by atoms with van der Waals surface area (Å²) in [5, 5.41) is 8.52. The molecule has 0 aliphatic heterocycles. The summed E-state index contributed by atoms with van der Waals surface area (Å²) in [4.78, 5) is 0. The quantitative estimate of drug-likeness (QED) is 0.652. The Morgan fingerprint density at radius 1 is 1.16 bits per heavy atom. The monoisotopic (exact) mass is 294 g/mol. The molecule has 98 valence electrons. The van der Waals surface area contributed by atoms with Gasteiger partial charge in [-0.1, -0.05) is 35.3 Å². The molecular weight excluding hydrogens is 283 g/mol.